The van der Waals surface area contributed by atoms with Crippen molar-refractivity contribution in [3.8, 4) is 0 Å². The van der Waals surface area contributed by atoms with Gasteiger partial charge in [-0.25, -0.2) is 0 Å². The van der Waals surface area contributed by atoms with Crippen LogP contribution in [0.15, 0.2) is 0 Å². The van der Waals surface area contributed by atoms with E-state index in [0.29, 0.717) is 19.4 Å². The quantitative estimate of drug-likeness (QED) is 0.631. The molecule has 0 aliphatic carbocycles. The highest BCUT2D eigenvalue weighted by molar-refractivity contribution is 5.76. The van der Waals surface area contributed by atoms with Gasteiger partial charge in [0.05, 0.1) is 6.10 Å². The highest BCUT2D eigenvalue weighted by atomic mass is 16.3. The number of carbonyl (C=O) groups excluding carboxylic acids is 1. The average molecular weight is 216 g/mol. The molecule has 90 valence electrons. The lowest BCUT2D eigenvalue weighted by molar-refractivity contribution is -0.121. The van der Waals surface area contributed by atoms with Gasteiger partial charge in [-0.3, -0.25) is 4.79 Å². The summed E-state index contributed by atoms with van der Waals surface area (Å²) in [7, 11) is 0. The molecule has 0 aliphatic rings. The first-order valence-electron chi connectivity index (χ1n) is 5.41. The van der Waals surface area contributed by atoms with Crippen LogP contribution in [0.5, 0.6) is 0 Å². The van der Waals surface area contributed by atoms with E-state index in [-0.39, 0.29) is 17.4 Å². The number of aliphatic hydroxyl groups is 1. The summed E-state index contributed by atoms with van der Waals surface area (Å²) in [4.78, 5) is 11.2. The molecule has 0 saturated heterocycles. The fourth-order valence-electron chi connectivity index (χ4n) is 1.38. The molecule has 0 spiro atoms. The molecule has 0 aliphatic heterocycles. The van der Waals surface area contributed by atoms with Gasteiger partial charge in [-0.1, -0.05) is 20.8 Å². The second-order valence-corrected chi connectivity index (χ2v) is 5.40. The van der Waals surface area contributed by atoms with E-state index in [9.17, 15) is 9.90 Å². The maximum atomic E-state index is 11.2. The summed E-state index contributed by atoms with van der Waals surface area (Å²) in [5.41, 5.74) is 5.55. The van der Waals surface area contributed by atoms with Crippen LogP contribution in [-0.4, -0.2) is 29.7 Å². The maximum absolute atomic E-state index is 11.2. The number of hydrogen-bond acceptors (Lipinski definition) is 3. The van der Waals surface area contributed by atoms with E-state index in [1.165, 1.54) is 0 Å². The summed E-state index contributed by atoms with van der Waals surface area (Å²) in [6.45, 7) is 8.26. The van der Waals surface area contributed by atoms with E-state index < -0.39 is 6.10 Å². The molecule has 2 unspecified atom stereocenters. The Bertz CT molecular complexity index is 197. The summed E-state index contributed by atoms with van der Waals surface area (Å²) in [6.07, 6.45) is 0.496. The molecule has 0 bridgehead atoms. The van der Waals surface area contributed by atoms with Gasteiger partial charge in [-0.05, 0) is 18.8 Å². The Hall–Kier alpha value is -0.610. The smallest absolute Gasteiger partial charge is 0.221 e. The Morgan fingerprint density at radius 2 is 2.00 bits per heavy atom. The Labute approximate surface area is 92.2 Å². The fraction of sp³-hybridized carbons (Fsp3) is 0.909. The zero-order chi connectivity index (χ0) is 12.1. The van der Waals surface area contributed by atoms with Crippen LogP contribution >= 0.6 is 0 Å². The SMILES string of the molecule is CC(N)CC(=O)NCC(O)CC(C)(C)C. The highest BCUT2D eigenvalue weighted by Gasteiger charge is 2.17. The summed E-state index contributed by atoms with van der Waals surface area (Å²) in [5.74, 6) is -0.0991. The van der Waals surface area contributed by atoms with E-state index in [2.05, 4.69) is 26.1 Å². The van der Waals surface area contributed by atoms with Crippen molar-refractivity contribution in [1.29, 1.82) is 0 Å². The fourth-order valence-corrected chi connectivity index (χ4v) is 1.38. The summed E-state index contributed by atoms with van der Waals surface area (Å²) in [5, 5.41) is 12.3. The Morgan fingerprint density at radius 3 is 2.40 bits per heavy atom. The van der Waals surface area contributed by atoms with E-state index in [0.717, 1.165) is 0 Å². The van der Waals surface area contributed by atoms with Gasteiger partial charge in [0.1, 0.15) is 0 Å². The van der Waals surface area contributed by atoms with Crippen molar-refractivity contribution < 1.29 is 9.90 Å². The first-order valence-corrected chi connectivity index (χ1v) is 5.41. The molecule has 0 radical (unpaired) electrons. The molecular weight excluding hydrogens is 192 g/mol. The third-order valence-electron chi connectivity index (χ3n) is 1.89. The minimum atomic E-state index is -0.484. The van der Waals surface area contributed by atoms with Crippen molar-refractivity contribution in [2.75, 3.05) is 6.54 Å². The number of hydrogen-bond donors (Lipinski definition) is 3. The molecule has 4 nitrogen and oxygen atoms in total. The summed E-state index contributed by atoms with van der Waals surface area (Å²) < 4.78 is 0. The van der Waals surface area contributed by atoms with Gasteiger partial charge in [0, 0.05) is 19.0 Å². The van der Waals surface area contributed by atoms with Crippen LogP contribution in [0.3, 0.4) is 0 Å². The van der Waals surface area contributed by atoms with Crippen LogP contribution in [0.25, 0.3) is 0 Å². The van der Waals surface area contributed by atoms with Crippen LogP contribution in [0.2, 0.25) is 0 Å². The summed E-state index contributed by atoms with van der Waals surface area (Å²) >= 11 is 0. The third-order valence-corrected chi connectivity index (χ3v) is 1.89. The van der Waals surface area contributed by atoms with E-state index >= 15 is 0 Å². The molecule has 0 rings (SSSR count). The highest BCUT2D eigenvalue weighted by Crippen LogP contribution is 2.20. The molecule has 1 amide bonds. The number of carbonyl (C=O) groups is 1. The van der Waals surface area contributed by atoms with Crippen LogP contribution in [0, 0.1) is 5.41 Å². The Kier molecular flexibility index (Phi) is 5.83. The van der Waals surface area contributed by atoms with Crippen LogP contribution in [-0.2, 0) is 4.79 Å². The minimum Gasteiger partial charge on any atom is -0.391 e. The van der Waals surface area contributed by atoms with E-state index in [1.807, 2.05) is 0 Å². The van der Waals surface area contributed by atoms with Crippen molar-refractivity contribution in [3.05, 3.63) is 0 Å². The zero-order valence-corrected chi connectivity index (χ0v) is 10.2. The van der Waals surface area contributed by atoms with Crippen molar-refractivity contribution in [2.45, 2.75) is 52.7 Å². The number of nitrogens with two attached hydrogens (primary N) is 1. The topological polar surface area (TPSA) is 75.4 Å². The predicted octanol–water partition coefficient (Wildman–Crippen LogP) is 0.637. The van der Waals surface area contributed by atoms with Gasteiger partial charge in [-0.15, -0.1) is 0 Å². The van der Waals surface area contributed by atoms with Gasteiger partial charge in [0.15, 0.2) is 0 Å². The molecule has 0 saturated carbocycles. The molecule has 4 heteroatoms. The minimum absolute atomic E-state index is 0.0747. The zero-order valence-electron chi connectivity index (χ0n) is 10.2. The molecule has 15 heavy (non-hydrogen) atoms. The van der Waals surface area contributed by atoms with E-state index in [1.54, 1.807) is 6.92 Å². The van der Waals surface area contributed by atoms with Crippen molar-refractivity contribution in [1.82, 2.24) is 5.32 Å². The van der Waals surface area contributed by atoms with Crippen LogP contribution in [0.4, 0.5) is 0 Å². The second kappa shape index (κ2) is 6.08. The Balaban J connectivity index is 3.71. The van der Waals surface area contributed by atoms with Gasteiger partial charge < -0.3 is 16.2 Å². The number of amides is 1. The van der Waals surface area contributed by atoms with Crippen molar-refractivity contribution >= 4 is 5.91 Å². The monoisotopic (exact) mass is 216 g/mol. The molecule has 2 atom stereocenters. The molecule has 0 heterocycles. The molecule has 0 aromatic heterocycles. The maximum Gasteiger partial charge on any atom is 0.221 e. The van der Waals surface area contributed by atoms with E-state index in [4.69, 9.17) is 5.73 Å². The van der Waals surface area contributed by atoms with Gasteiger partial charge in [0.2, 0.25) is 5.91 Å². The number of nitrogens with one attached hydrogen (secondary N) is 1. The molecular formula is C11H24N2O2. The van der Waals surface area contributed by atoms with Crippen molar-refractivity contribution in [3.63, 3.8) is 0 Å². The van der Waals surface area contributed by atoms with Gasteiger partial charge in [-0.2, -0.15) is 0 Å². The van der Waals surface area contributed by atoms with Gasteiger partial charge in [0.25, 0.3) is 0 Å². The lowest BCUT2D eigenvalue weighted by atomic mass is 9.89. The lowest BCUT2D eigenvalue weighted by Crippen LogP contribution is -2.36. The molecule has 0 aromatic rings. The second-order valence-electron chi connectivity index (χ2n) is 5.40. The van der Waals surface area contributed by atoms with Crippen LogP contribution < -0.4 is 11.1 Å². The summed E-state index contributed by atoms with van der Waals surface area (Å²) in [6, 6.07) is -0.134. The molecule has 0 aromatic carbocycles. The third kappa shape index (κ3) is 9.69. The standard InChI is InChI=1S/C11H24N2O2/c1-8(12)5-10(15)13-7-9(14)6-11(2,3)4/h8-9,14H,5-7,12H2,1-4H3,(H,13,15). The number of rotatable bonds is 5. The largest absolute Gasteiger partial charge is 0.391 e. The molecule has 4 N–H and O–H groups in total. The normalized spacial score (nSPS) is 15.9. The first kappa shape index (κ1) is 14.4. The lowest BCUT2D eigenvalue weighted by Gasteiger charge is -2.22. The predicted molar refractivity (Wildman–Crippen MR) is 61.4 cm³/mol. The average Bonchev–Trinajstić information content (AvgIpc) is 1.96. The van der Waals surface area contributed by atoms with Crippen LogP contribution in [0.1, 0.15) is 40.5 Å². The molecule has 0 fully saturated rings. The van der Waals surface area contributed by atoms with Crippen molar-refractivity contribution in [2.24, 2.45) is 11.1 Å². The Morgan fingerprint density at radius 1 is 1.47 bits per heavy atom. The van der Waals surface area contributed by atoms with Gasteiger partial charge >= 0.3 is 0 Å². The number of aliphatic hydroxyl groups excluding tert-OH is 1. The first-order chi connectivity index (χ1) is 6.70.